The molecule has 11 heteroatoms. The number of hydrogen-bond acceptors (Lipinski definition) is 5. The lowest BCUT2D eigenvalue weighted by Crippen LogP contribution is -2.09. The van der Waals surface area contributed by atoms with Crippen molar-refractivity contribution < 1.29 is 18.1 Å². The van der Waals surface area contributed by atoms with Crippen molar-refractivity contribution in [3.63, 3.8) is 0 Å². The molecule has 0 amide bonds. The summed E-state index contributed by atoms with van der Waals surface area (Å²) in [6, 6.07) is 8.37. The lowest BCUT2D eigenvalue weighted by atomic mass is 10.1. The number of nitrogens with zero attached hydrogens (tertiary/aromatic N) is 4. The van der Waals surface area contributed by atoms with Gasteiger partial charge in [-0.2, -0.15) is 18.3 Å². The molecular formula is C16H11ClF3N5O2. The van der Waals surface area contributed by atoms with E-state index in [-0.39, 0.29) is 12.2 Å². The van der Waals surface area contributed by atoms with Gasteiger partial charge in [0.25, 0.3) is 5.69 Å². The molecule has 0 bridgehead atoms. The average Bonchev–Trinajstić information content (AvgIpc) is 3.13. The number of benzene rings is 2. The van der Waals surface area contributed by atoms with Gasteiger partial charge in [0.1, 0.15) is 18.3 Å². The number of nitro groups is 1. The fourth-order valence-corrected chi connectivity index (χ4v) is 2.65. The predicted molar refractivity (Wildman–Crippen MR) is 91.8 cm³/mol. The van der Waals surface area contributed by atoms with E-state index < -0.39 is 27.4 Å². The molecule has 1 aromatic heterocycles. The van der Waals surface area contributed by atoms with Gasteiger partial charge in [-0.25, -0.2) is 9.67 Å². The molecule has 2 aromatic carbocycles. The normalized spacial score (nSPS) is 11.4. The molecule has 0 aliphatic rings. The van der Waals surface area contributed by atoms with Crippen molar-refractivity contribution in [2.45, 2.75) is 12.7 Å². The molecule has 1 heterocycles. The average molecular weight is 398 g/mol. The highest BCUT2D eigenvalue weighted by atomic mass is 35.5. The van der Waals surface area contributed by atoms with Crippen LogP contribution in [0.25, 0.3) is 5.69 Å². The molecule has 0 saturated carbocycles. The van der Waals surface area contributed by atoms with Crippen molar-refractivity contribution in [1.82, 2.24) is 14.8 Å². The first-order valence-electron chi connectivity index (χ1n) is 7.48. The van der Waals surface area contributed by atoms with E-state index >= 15 is 0 Å². The summed E-state index contributed by atoms with van der Waals surface area (Å²) in [5.74, 6) is 0. The van der Waals surface area contributed by atoms with Crippen LogP contribution in [0.4, 0.5) is 24.5 Å². The molecule has 0 spiro atoms. The molecule has 27 heavy (non-hydrogen) atoms. The van der Waals surface area contributed by atoms with Gasteiger partial charge in [0.2, 0.25) is 0 Å². The molecule has 3 rings (SSSR count). The fraction of sp³-hybridized carbons (Fsp3) is 0.125. The Morgan fingerprint density at radius 2 is 1.93 bits per heavy atom. The summed E-state index contributed by atoms with van der Waals surface area (Å²) < 4.78 is 40.2. The molecule has 1 N–H and O–H groups in total. The third-order valence-electron chi connectivity index (χ3n) is 3.69. The minimum absolute atomic E-state index is 0.0987. The van der Waals surface area contributed by atoms with Crippen molar-refractivity contribution in [2.24, 2.45) is 0 Å². The van der Waals surface area contributed by atoms with E-state index in [4.69, 9.17) is 11.6 Å². The minimum Gasteiger partial charge on any atom is -0.375 e. The van der Waals surface area contributed by atoms with Gasteiger partial charge in [-0.15, -0.1) is 0 Å². The molecule has 0 fully saturated rings. The van der Waals surface area contributed by atoms with Crippen LogP contribution in [0.15, 0.2) is 49.1 Å². The van der Waals surface area contributed by atoms with Gasteiger partial charge in [0.05, 0.1) is 21.2 Å². The molecule has 7 nitrogen and oxygen atoms in total. The SMILES string of the molecule is O=[N+]([O-])c1cc(C(F)(F)F)c(Cl)cc1NCc1ccc(-n2cncn2)cc1. The van der Waals surface area contributed by atoms with Crippen LogP contribution in [0.3, 0.4) is 0 Å². The molecule has 0 aliphatic carbocycles. The Morgan fingerprint density at radius 1 is 1.22 bits per heavy atom. The van der Waals surface area contributed by atoms with Crippen molar-refractivity contribution >= 4 is 23.0 Å². The van der Waals surface area contributed by atoms with Crippen molar-refractivity contribution in [2.75, 3.05) is 5.32 Å². The van der Waals surface area contributed by atoms with Crippen LogP contribution in [0.1, 0.15) is 11.1 Å². The second-order valence-electron chi connectivity index (χ2n) is 5.46. The van der Waals surface area contributed by atoms with Gasteiger partial charge in [0.15, 0.2) is 0 Å². The summed E-state index contributed by atoms with van der Waals surface area (Å²) in [4.78, 5) is 14.1. The van der Waals surface area contributed by atoms with Crippen LogP contribution in [0.2, 0.25) is 5.02 Å². The van der Waals surface area contributed by atoms with Crippen molar-refractivity contribution in [3.05, 3.63) is 75.3 Å². The standard InChI is InChI=1S/C16H11ClF3N5O2/c17-13-6-14(15(25(26)27)5-12(13)16(18,19)20)22-7-10-1-3-11(4-2-10)24-9-21-8-23-24/h1-6,8-9,22H,7H2. The highest BCUT2D eigenvalue weighted by Gasteiger charge is 2.36. The number of hydrogen-bond donors (Lipinski definition) is 1. The summed E-state index contributed by atoms with van der Waals surface area (Å²) in [7, 11) is 0. The maximum atomic E-state index is 12.9. The quantitative estimate of drug-likeness (QED) is 0.507. The van der Waals surface area contributed by atoms with E-state index in [2.05, 4.69) is 15.4 Å². The number of anilines is 1. The highest BCUT2D eigenvalue weighted by molar-refractivity contribution is 6.31. The molecule has 0 aliphatic heterocycles. The number of alkyl halides is 3. The molecule has 0 unspecified atom stereocenters. The molecule has 0 saturated heterocycles. The maximum Gasteiger partial charge on any atom is 0.418 e. The van der Waals surface area contributed by atoms with E-state index in [9.17, 15) is 23.3 Å². The topological polar surface area (TPSA) is 85.9 Å². The van der Waals surface area contributed by atoms with Crippen LogP contribution < -0.4 is 5.32 Å². The van der Waals surface area contributed by atoms with Crippen LogP contribution in [0.5, 0.6) is 0 Å². The van der Waals surface area contributed by atoms with Crippen LogP contribution in [-0.2, 0) is 12.7 Å². The smallest absolute Gasteiger partial charge is 0.375 e. The first-order chi connectivity index (χ1) is 12.8. The van der Waals surface area contributed by atoms with Gasteiger partial charge >= 0.3 is 6.18 Å². The molecule has 0 atom stereocenters. The van der Waals surface area contributed by atoms with Gasteiger partial charge in [0, 0.05) is 12.6 Å². The van der Waals surface area contributed by atoms with Crippen LogP contribution >= 0.6 is 11.6 Å². The Balaban J connectivity index is 1.81. The predicted octanol–water partition coefficient (Wildman–Crippen LogP) is 4.46. The Labute approximate surface area is 155 Å². The summed E-state index contributed by atoms with van der Waals surface area (Å²) in [5, 5.41) is 17.3. The minimum atomic E-state index is -4.78. The first-order valence-corrected chi connectivity index (χ1v) is 7.86. The summed E-state index contributed by atoms with van der Waals surface area (Å²) in [5.41, 5.74) is -0.535. The largest absolute Gasteiger partial charge is 0.418 e. The molecule has 3 aromatic rings. The Bertz CT molecular complexity index is 959. The zero-order valence-corrected chi connectivity index (χ0v) is 14.2. The van der Waals surface area contributed by atoms with E-state index in [0.717, 1.165) is 17.3 Å². The lowest BCUT2D eigenvalue weighted by Gasteiger charge is -2.13. The van der Waals surface area contributed by atoms with Gasteiger partial charge in [-0.1, -0.05) is 23.7 Å². The Kier molecular flexibility index (Phi) is 5.00. The van der Waals surface area contributed by atoms with E-state index in [1.807, 2.05) is 0 Å². The Hall–Kier alpha value is -3.14. The zero-order valence-electron chi connectivity index (χ0n) is 13.4. The first kappa shape index (κ1) is 18.6. The lowest BCUT2D eigenvalue weighted by molar-refractivity contribution is -0.384. The number of rotatable bonds is 5. The third-order valence-corrected chi connectivity index (χ3v) is 4.00. The number of halogens is 4. The number of aromatic nitrogens is 3. The van der Waals surface area contributed by atoms with Crippen LogP contribution in [0, 0.1) is 10.1 Å². The summed E-state index contributed by atoms with van der Waals surface area (Å²) >= 11 is 5.65. The van der Waals surface area contributed by atoms with E-state index in [1.165, 1.54) is 12.7 Å². The summed E-state index contributed by atoms with van der Waals surface area (Å²) in [6.07, 6.45) is -1.86. The Morgan fingerprint density at radius 3 is 2.48 bits per heavy atom. The monoisotopic (exact) mass is 397 g/mol. The second kappa shape index (κ2) is 7.23. The molecular weight excluding hydrogens is 387 g/mol. The van der Waals surface area contributed by atoms with E-state index in [0.29, 0.717) is 6.07 Å². The molecule has 140 valence electrons. The number of nitro benzene ring substituents is 1. The molecule has 0 radical (unpaired) electrons. The van der Waals surface area contributed by atoms with Crippen molar-refractivity contribution in [3.8, 4) is 5.69 Å². The summed E-state index contributed by atoms with van der Waals surface area (Å²) in [6.45, 7) is 0.153. The van der Waals surface area contributed by atoms with E-state index in [1.54, 1.807) is 28.9 Å². The van der Waals surface area contributed by atoms with Gasteiger partial charge in [-0.05, 0) is 23.8 Å². The third kappa shape index (κ3) is 4.17. The van der Waals surface area contributed by atoms with Gasteiger partial charge < -0.3 is 5.32 Å². The van der Waals surface area contributed by atoms with Crippen LogP contribution in [-0.4, -0.2) is 19.7 Å². The van der Waals surface area contributed by atoms with Gasteiger partial charge in [-0.3, -0.25) is 10.1 Å². The number of nitrogens with one attached hydrogen (secondary N) is 1. The second-order valence-corrected chi connectivity index (χ2v) is 5.87. The zero-order chi connectivity index (χ0) is 19.6. The fourth-order valence-electron chi connectivity index (χ4n) is 2.38. The maximum absolute atomic E-state index is 12.9. The van der Waals surface area contributed by atoms with Crippen molar-refractivity contribution in [1.29, 1.82) is 0 Å². The highest BCUT2D eigenvalue weighted by Crippen LogP contribution is 2.40.